The molecule has 1 N–H and O–H groups in total. The molecular weight excluding hydrogens is 543 g/mol. The summed E-state index contributed by atoms with van der Waals surface area (Å²) in [5.74, 6) is 0.731. The molecule has 0 bridgehead atoms. The molecule has 202 valence electrons. The largest absolute Gasteiger partial charge is 0.373 e. The Morgan fingerprint density at radius 1 is 0.558 bits per heavy atom. The molecular formula is C39H25N3S. The van der Waals surface area contributed by atoms with Crippen molar-refractivity contribution in [3.05, 3.63) is 151 Å². The normalized spacial score (nSPS) is 14.0. The van der Waals surface area contributed by atoms with Crippen LogP contribution in [0.1, 0.15) is 17.2 Å². The predicted molar refractivity (Wildman–Crippen MR) is 181 cm³/mol. The van der Waals surface area contributed by atoms with E-state index in [4.69, 9.17) is 9.97 Å². The molecule has 0 spiro atoms. The Morgan fingerprint density at radius 2 is 1.28 bits per heavy atom. The summed E-state index contributed by atoms with van der Waals surface area (Å²) < 4.78 is 2.62. The fourth-order valence-electron chi connectivity index (χ4n) is 6.61. The first kappa shape index (κ1) is 24.3. The molecule has 43 heavy (non-hydrogen) atoms. The van der Waals surface area contributed by atoms with Gasteiger partial charge in [-0.15, -0.1) is 11.3 Å². The third-order valence-electron chi connectivity index (χ3n) is 8.53. The molecule has 1 unspecified atom stereocenters. The highest BCUT2D eigenvalue weighted by Crippen LogP contribution is 2.52. The van der Waals surface area contributed by atoms with E-state index in [9.17, 15) is 0 Å². The lowest BCUT2D eigenvalue weighted by Crippen LogP contribution is -2.19. The number of nitrogens with zero attached hydrogens (tertiary/aromatic N) is 2. The Morgan fingerprint density at radius 3 is 2.14 bits per heavy atom. The number of aromatic nitrogens is 2. The lowest BCUT2D eigenvalue weighted by molar-refractivity contribution is 0.933. The Kier molecular flexibility index (Phi) is 5.43. The molecule has 0 saturated heterocycles. The standard InChI is InChI=1S/C39H25N3S/c1-3-12-24(13-4-1)36-29-22-23-33-35(27-17-8-10-21-32(27)43-33)34(29)28-18-11-19-30(38(28)41-36)37-26-16-7-9-20-31(26)40-39(42-37)25-14-5-2-6-15-25/h1-23,36,41H. The number of rotatable bonds is 3. The van der Waals surface area contributed by atoms with Crippen LogP contribution in [0.15, 0.2) is 140 Å². The van der Waals surface area contributed by atoms with Gasteiger partial charge in [0, 0.05) is 42.2 Å². The first-order valence-corrected chi connectivity index (χ1v) is 15.4. The van der Waals surface area contributed by atoms with Crippen molar-refractivity contribution in [3.63, 3.8) is 0 Å². The lowest BCUT2D eigenvalue weighted by atomic mass is 9.82. The van der Waals surface area contributed by atoms with Crippen LogP contribution in [0, 0.1) is 0 Å². The highest BCUT2D eigenvalue weighted by Gasteiger charge is 2.30. The van der Waals surface area contributed by atoms with E-state index in [0.717, 1.165) is 39.2 Å². The Labute approximate surface area is 253 Å². The summed E-state index contributed by atoms with van der Waals surface area (Å²) in [6.45, 7) is 0. The van der Waals surface area contributed by atoms with Gasteiger partial charge in [0.25, 0.3) is 0 Å². The van der Waals surface area contributed by atoms with Crippen LogP contribution < -0.4 is 5.32 Å². The van der Waals surface area contributed by atoms with Gasteiger partial charge in [-0.25, -0.2) is 9.97 Å². The van der Waals surface area contributed by atoms with Gasteiger partial charge in [-0.3, -0.25) is 0 Å². The van der Waals surface area contributed by atoms with Crippen LogP contribution >= 0.6 is 11.3 Å². The fourth-order valence-corrected chi connectivity index (χ4v) is 7.72. The molecule has 3 nitrogen and oxygen atoms in total. The fraction of sp³-hybridized carbons (Fsp3) is 0.0256. The SMILES string of the molecule is c1ccc(-c2nc(-c3cccc4c3NC(c3ccccc3)c3ccc5sc6ccccc6c5c3-4)c3ccccc3n2)cc1. The summed E-state index contributed by atoms with van der Waals surface area (Å²) in [5, 5.41) is 7.69. The van der Waals surface area contributed by atoms with Crippen LogP contribution in [-0.4, -0.2) is 9.97 Å². The van der Waals surface area contributed by atoms with Gasteiger partial charge in [0.2, 0.25) is 0 Å². The summed E-state index contributed by atoms with van der Waals surface area (Å²) in [7, 11) is 0. The van der Waals surface area contributed by atoms with Crippen LogP contribution in [-0.2, 0) is 0 Å². The molecule has 0 amide bonds. The Balaban J connectivity index is 1.38. The van der Waals surface area contributed by atoms with E-state index >= 15 is 0 Å². The quantitative estimate of drug-likeness (QED) is 0.231. The van der Waals surface area contributed by atoms with E-state index < -0.39 is 0 Å². The van der Waals surface area contributed by atoms with Crippen LogP contribution in [0.4, 0.5) is 5.69 Å². The zero-order valence-electron chi connectivity index (χ0n) is 23.2. The molecule has 0 aliphatic carbocycles. The maximum Gasteiger partial charge on any atom is 0.160 e. The molecule has 1 atom stereocenters. The topological polar surface area (TPSA) is 37.8 Å². The zero-order chi connectivity index (χ0) is 28.3. The smallest absolute Gasteiger partial charge is 0.160 e. The highest BCUT2D eigenvalue weighted by molar-refractivity contribution is 7.26. The van der Waals surface area contributed by atoms with E-state index in [1.165, 1.54) is 42.4 Å². The van der Waals surface area contributed by atoms with Crippen molar-refractivity contribution < 1.29 is 0 Å². The van der Waals surface area contributed by atoms with Crippen molar-refractivity contribution in [2.45, 2.75) is 6.04 Å². The first-order chi connectivity index (χ1) is 21.3. The van der Waals surface area contributed by atoms with E-state index in [0.29, 0.717) is 0 Å². The van der Waals surface area contributed by atoms with Crippen molar-refractivity contribution in [2.75, 3.05) is 5.32 Å². The third kappa shape index (κ3) is 3.80. The van der Waals surface area contributed by atoms with Crippen molar-refractivity contribution in [1.29, 1.82) is 0 Å². The number of hydrogen-bond acceptors (Lipinski definition) is 4. The van der Waals surface area contributed by atoms with Crippen molar-refractivity contribution in [2.24, 2.45) is 0 Å². The molecule has 0 fully saturated rings. The monoisotopic (exact) mass is 567 g/mol. The second-order valence-electron chi connectivity index (χ2n) is 11.0. The van der Waals surface area contributed by atoms with E-state index in [1.54, 1.807) is 0 Å². The predicted octanol–water partition coefficient (Wildman–Crippen LogP) is 10.5. The van der Waals surface area contributed by atoms with Crippen molar-refractivity contribution in [3.8, 4) is 33.8 Å². The Hall–Kier alpha value is -5.32. The van der Waals surface area contributed by atoms with Crippen molar-refractivity contribution in [1.82, 2.24) is 9.97 Å². The summed E-state index contributed by atoms with van der Waals surface area (Å²) in [6.07, 6.45) is 0. The minimum atomic E-state index is -0.00499. The molecule has 2 aromatic heterocycles. The molecule has 6 aromatic carbocycles. The van der Waals surface area contributed by atoms with E-state index in [-0.39, 0.29) is 6.04 Å². The minimum absolute atomic E-state index is 0.00499. The van der Waals surface area contributed by atoms with Crippen LogP contribution in [0.5, 0.6) is 0 Å². The molecule has 1 aliphatic heterocycles. The van der Waals surface area contributed by atoms with E-state index in [1.807, 2.05) is 35.6 Å². The van der Waals surface area contributed by atoms with Gasteiger partial charge in [0.15, 0.2) is 5.82 Å². The Bertz CT molecular complexity index is 2320. The second-order valence-corrected chi connectivity index (χ2v) is 12.1. The lowest BCUT2D eigenvalue weighted by Gasteiger charge is -2.32. The second kappa shape index (κ2) is 9.62. The van der Waals surface area contributed by atoms with Gasteiger partial charge >= 0.3 is 0 Å². The molecule has 4 heteroatoms. The maximum absolute atomic E-state index is 5.26. The molecule has 1 aliphatic rings. The number of anilines is 1. The number of hydrogen-bond donors (Lipinski definition) is 1. The summed E-state index contributed by atoms with van der Waals surface area (Å²) in [6, 6.07) is 49.4. The highest BCUT2D eigenvalue weighted by atomic mass is 32.1. The van der Waals surface area contributed by atoms with Gasteiger partial charge in [0.05, 0.1) is 22.9 Å². The summed E-state index contributed by atoms with van der Waals surface area (Å²) >= 11 is 1.87. The molecule has 0 saturated carbocycles. The molecule has 8 aromatic rings. The number of nitrogens with one attached hydrogen (secondary N) is 1. The number of benzene rings is 6. The van der Waals surface area contributed by atoms with Gasteiger partial charge < -0.3 is 5.32 Å². The zero-order valence-corrected chi connectivity index (χ0v) is 24.0. The van der Waals surface area contributed by atoms with Crippen LogP contribution in [0.2, 0.25) is 0 Å². The average molecular weight is 568 g/mol. The van der Waals surface area contributed by atoms with Gasteiger partial charge in [-0.05, 0) is 34.9 Å². The molecule has 0 radical (unpaired) electrons. The minimum Gasteiger partial charge on any atom is -0.373 e. The van der Waals surface area contributed by atoms with E-state index in [2.05, 4.69) is 121 Å². The van der Waals surface area contributed by atoms with Crippen molar-refractivity contribution >= 4 is 48.1 Å². The molecule has 3 heterocycles. The van der Waals surface area contributed by atoms with Crippen LogP contribution in [0.25, 0.3) is 64.8 Å². The number of para-hydroxylation sites is 2. The van der Waals surface area contributed by atoms with Gasteiger partial charge in [0.1, 0.15) is 0 Å². The average Bonchev–Trinajstić information content (AvgIpc) is 3.47. The van der Waals surface area contributed by atoms with Gasteiger partial charge in [-0.2, -0.15) is 0 Å². The van der Waals surface area contributed by atoms with Gasteiger partial charge in [-0.1, -0.05) is 121 Å². The number of fused-ring (bicyclic) bond motifs is 8. The van der Waals surface area contributed by atoms with Crippen LogP contribution in [0.3, 0.4) is 0 Å². The maximum atomic E-state index is 5.26. The third-order valence-corrected chi connectivity index (χ3v) is 9.67. The summed E-state index contributed by atoms with van der Waals surface area (Å²) in [5.41, 5.74) is 10.1. The molecule has 9 rings (SSSR count). The summed E-state index contributed by atoms with van der Waals surface area (Å²) in [4.78, 5) is 10.2. The first-order valence-electron chi connectivity index (χ1n) is 14.5. The number of thiophene rings is 1.